The van der Waals surface area contributed by atoms with Crippen LogP contribution in [0.5, 0.6) is 0 Å². The number of H-pyrrole nitrogens is 1. The summed E-state index contributed by atoms with van der Waals surface area (Å²) in [6.07, 6.45) is 1.17. The van der Waals surface area contributed by atoms with Gasteiger partial charge in [0, 0.05) is 11.6 Å². The van der Waals surface area contributed by atoms with Crippen LogP contribution in [-0.2, 0) is 22.9 Å². The van der Waals surface area contributed by atoms with Crippen molar-refractivity contribution >= 4 is 32.7 Å². The summed E-state index contributed by atoms with van der Waals surface area (Å²) in [5.74, 6) is 0.267. The minimum atomic E-state index is -3.87. The lowest BCUT2D eigenvalue weighted by Crippen LogP contribution is -2.36. The summed E-state index contributed by atoms with van der Waals surface area (Å²) in [6.45, 7) is 1.90. The number of aromatic amines is 1. The molecule has 1 amide bonds. The maximum absolute atomic E-state index is 13.7. The highest BCUT2D eigenvalue weighted by molar-refractivity contribution is 7.92. The number of fused-ring (bicyclic) bond motifs is 2. The molecule has 0 unspecified atom stereocenters. The molecule has 2 N–H and O–H groups in total. The Bertz CT molecular complexity index is 1730. The zero-order valence-corrected chi connectivity index (χ0v) is 22.2. The Kier molecular flexibility index (Phi) is 6.40. The Labute approximate surface area is 227 Å². The van der Waals surface area contributed by atoms with Gasteiger partial charge in [0.25, 0.3) is 15.9 Å². The van der Waals surface area contributed by atoms with Gasteiger partial charge in [0.2, 0.25) is 0 Å². The molecule has 0 fully saturated rings. The molecule has 1 aliphatic heterocycles. The molecule has 5 aromatic rings. The molecular weight excluding hydrogens is 508 g/mol. The summed E-state index contributed by atoms with van der Waals surface area (Å²) >= 11 is 0. The first kappa shape index (κ1) is 24.9. The fourth-order valence-electron chi connectivity index (χ4n) is 5.26. The molecule has 0 bridgehead atoms. The molecular formula is C31H28N4O3S. The van der Waals surface area contributed by atoms with Crippen LogP contribution in [0.1, 0.15) is 40.3 Å². The van der Waals surface area contributed by atoms with Crippen molar-refractivity contribution in [2.75, 3.05) is 4.31 Å². The summed E-state index contributed by atoms with van der Waals surface area (Å²) in [6, 6.07) is 30.7. The largest absolute Gasteiger partial charge is 0.342 e. The van der Waals surface area contributed by atoms with Crippen molar-refractivity contribution in [3.8, 4) is 0 Å². The van der Waals surface area contributed by atoms with Gasteiger partial charge in [0.1, 0.15) is 5.82 Å². The number of nitrogens with one attached hydrogen (secondary N) is 2. The van der Waals surface area contributed by atoms with E-state index in [9.17, 15) is 13.2 Å². The zero-order chi connectivity index (χ0) is 27.0. The SMILES string of the molecule is C[C@@H]1Cc2ccccc2N1S(=O)(=O)c1cccc(C(=O)N[C@@H](Cc2ccccc2)c2nc3ccccc3[nH]2)c1. The van der Waals surface area contributed by atoms with Crippen LogP contribution in [0.15, 0.2) is 108 Å². The second-order valence-corrected chi connectivity index (χ2v) is 11.7. The number of nitrogens with zero attached hydrogens (tertiary/aromatic N) is 2. The van der Waals surface area contributed by atoms with Gasteiger partial charge in [-0.3, -0.25) is 9.10 Å². The van der Waals surface area contributed by atoms with Crippen molar-refractivity contribution in [1.29, 1.82) is 0 Å². The number of hydrogen-bond acceptors (Lipinski definition) is 4. The van der Waals surface area contributed by atoms with E-state index in [-0.39, 0.29) is 22.4 Å². The number of rotatable bonds is 7. The number of hydrogen-bond donors (Lipinski definition) is 2. The Morgan fingerprint density at radius 1 is 0.974 bits per heavy atom. The Morgan fingerprint density at radius 3 is 2.54 bits per heavy atom. The predicted molar refractivity (Wildman–Crippen MR) is 152 cm³/mol. The summed E-state index contributed by atoms with van der Waals surface area (Å²) < 4.78 is 29.0. The number of benzene rings is 4. The fourth-order valence-corrected chi connectivity index (χ4v) is 7.00. The van der Waals surface area contributed by atoms with Gasteiger partial charge in [-0.1, -0.05) is 66.7 Å². The zero-order valence-electron chi connectivity index (χ0n) is 21.4. The van der Waals surface area contributed by atoms with Crippen LogP contribution < -0.4 is 9.62 Å². The molecule has 7 nitrogen and oxygen atoms in total. The van der Waals surface area contributed by atoms with Crippen molar-refractivity contribution in [3.05, 3.63) is 126 Å². The molecule has 0 aliphatic carbocycles. The molecule has 8 heteroatoms. The molecule has 0 radical (unpaired) electrons. The molecule has 1 aliphatic rings. The van der Waals surface area contributed by atoms with Crippen LogP contribution in [0.3, 0.4) is 0 Å². The number of para-hydroxylation sites is 3. The van der Waals surface area contributed by atoms with E-state index in [1.54, 1.807) is 18.2 Å². The second-order valence-electron chi connectivity index (χ2n) is 9.87. The van der Waals surface area contributed by atoms with Crippen LogP contribution in [0, 0.1) is 0 Å². The van der Waals surface area contributed by atoms with Gasteiger partial charge < -0.3 is 10.3 Å². The number of anilines is 1. The third kappa shape index (κ3) is 4.79. The van der Waals surface area contributed by atoms with E-state index in [4.69, 9.17) is 4.98 Å². The normalized spacial score (nSPS) is 15.7. The molecule has 0 saturated carbocycles. The molecule has 39 heavy (non-hydrogen) atoms. The molecule has 6 rings (SSSR count). The number of aromatic nitrogens is 2. The van der Waals surface area contributed by atoms with Crippen LogP contribution >= 0.6 is 0 Å². The fraction of sp³-hybridized carbons (Fsp3) is 0.161. The maximum Gasteiger partial charge on any atom is 0.264 e. The maximum atomic E-state index is 13.7. The smallest absolute Gasteiger partial charge is 0.264 e. The van der Waals surface area contributed by atoms with Crippen molar-refractivity contribution in [2.45, 2.75) is 36.7 Å². The lowest BCUT2D eigenvalue weighted by atomic mass is 10.0. The van der Waals surface area contributed by atoms with Gasteiger partial charge in [0.05, 0.1) is 27.7 Å². The first-order valence-electron chi connectivity index (χ1n) is 12.9. The lowest BCUT2D eigenvalue weighted by molar-refractivity contribution is 0.0934. The highest BCUT2D eigenvalue weighted by Crippen LogP contribution is 2.36. The Balaban J connectivity index is 1.31. The van der Waals surface area contributed by atoms with Crippen LogP contribution in [0.25, 0.3) is 11.0 Å². The molecule has 196 valence electrons. The summed E-state index contributed by atoms with van der Waals surface area (Å²) in [5, 5.41) is 3.09. The van der Waals surface area contributed by atoms with Crippen molar-refractivity contribution in [3.63, 3.8) is 0 Å². The minimum Gasteiger partial charge on any atom is -0.342 e. The number of amides is 1. The molecule has 1 aromatic heterocycles. The van der Waals surface area contributed by atoms with E-state index in [1.165, 1.54) is 10.4 Å². The molecule has 4 aromatic carbocycles. The lowest BCUT2D eigenvalue weighted by Gasteiger charge is -2.24. The van der Waals surface area contributed by atoms with E-state index < -0.39 is 16.1 Å². The summed E-state index contributed by atoms with van der Waals surface area (Å²) in [5.41, 5.74) is 4.69. The minimum absolute atomic E-state index is 0.0852. The highest BCUT2D eigenvalue weighted by Gasteiger charge is 2.36. The number of sulfonamides is 1. The van der Waals surface area contributed by atoms with Gasteiger partial charge in [0.15, 0.2) is 0 Å². The predicted octanol–water partition coefficient (Wildman–Crippen LogP) is 5.42. The van der Waals surface area contributed by atoms with E-state index in [0.29, 0.717) is 24.4 Å². The van der Waals surface area contributed by atoms with Crippen molar-refractivity contribution in [1.82, 2.24) is 15.3 Å². The first-order chi connectivity index (χ1) is 18.9. The standard InChI is InChI=1S/C31H28N4O3S/c1-21-18-23-12-5-8-17-29(23)35(21)39(37,38)25-14-9-13-24(20-25)31(36)34-28(19-22-10-3-2-4-11-22)30-32-26-15-6-7-16-27(26)33-30/h2-17,20-21,28H,18-19H2,1H3,(H,32,33)(H,34,36)/t21-,28+/m1/s1. The topological polar surface area (TPSA) is 95.2 Å². The Morgan fingerprint density at radius 2 is 1.72 bits per heavy atom. The van der Waals surface area contributed by atoms with Gasteiger partial charge in [-0.2, -0.15) is 0 Å². The molecule has 2 heterocycles. The van der Waals surface area contributed by atoms with E-state index in [0.717, 1.165) is 22.2 Å². The number of carbonyl (C=O) groups is 1. The second kappa shape index (κ2) is 10.0. The van der Waals surface area contributed by atoms with Crippen molar-refractivity contribution < 1.29 is 13.2 Å². The summed E-state index contributed by atoms with van der Waals surface area (Å²) in [7, 11) is -3.87. The monoisotopic (exact) mass is 536 g/mol. The molecule has 2 atom stereocenters. The molecule has 0 saturated heterocycles. The van der Waals surface area contributed by atoms with Gasteiger partial charge in [-0.25, -0.2) is 13.4 Å². The average Bonchev–Trinajstić information content (AvgIpc) is 3.54. The van der Waals surface area contributed by atoms with Crippen LogP contribution in [-0.4, -0.2) is 30.3 Å². The van der Waals surface area contributed by atoms with E-state index >= 15 is 0 Å². The number of carbonyl (C=O) groups excluding carboxylic acids is 1. The van der Waals surface area contributed by atoms with Gasteiger partial charge in [-0.15, -0.1) is 0 Å². The highest BCUT2D eigenvalue weighted by atomic mass is 32.2. The number of imidazole rings is 1. The van der Waals surface area contributed by atoms with Crippen LogP contribution in [0.4, 0.5) is 5.69 Å². The third-order valence-corrected chi connectivity index (χ3v) is 9.05. The third-order valence-electron chi connectivity index (χ3n) is 7.12. The first-order valence-corrected chi connectivity index (χ1v) is 14.4. The quantitative estimate of drug-likeness (QED) is 0.291. The summed E-state index contributed by atoms with van der Waals surface area (Å²) in [4.78, 5) is 21.7. The van der Waals surface area contributed by atoms with Crippen LogP contribution in [0.2, 0.25) is 0 Å². The Hall–Kier alpha value is -4.43. The average molecular weight is 537 g/mol. The van der Waals surface area contributed by atoms with Gasteiger partial charge >= 0.3 is 0 Å². The van der Waals surface area contributed by atoms with E-state index in [2.05, 4.69) is 10.3 Å². The van der Waals surface area contributed by atoms with Gasteiger partial charge in [-0.05, 0) is 67.3 Å². The molecule has 0 spiro atoms. The van der Waals surface area contributed by atoms with E-state index in [1.807, 2.05) is 85.8 Å². The van der Waals surface area contributed by atoms with Crippen molar-refractivity contribution in [2.24, 2.45) is 0 Å².